The van der Waals surface area contributed by atoms with E-state index in [1.807, 2.05) is 55.5 Å². The van der Waals surface area contributed by atoms with Gasteiger partial charge in [-0.1, -0.05) is 48.5 Å². The quantitative estimate of drug-likeness (QED) is 0.875. The van der Waals surface area contributed by atoms with Gasteiger partial charge in [-0.2, -0.15) is 0 Å². The molecule has 0 heterocycles. The number of rotatable bonds is 5. The van der Waals surface area contributed by atoms with Gasteiger partial charge in [0.15, 0.2) is 0 Å². The van der Waals surface area contributed by atoms with E-state index >= 15 is 0 Å². The topological polar surface area (TPSA) is 49.3 Å². The molecule has 0 saturated carbocycles. The normalized spacial score (nSPS) is 10.3. The highest BCUT2D eigenvalue weighted by molar-refractivity contribution is 5.78. The Kier molecular flexibility index (Phi) is 4.91. The maximum atomic E-state index is 12.0. The Morgan fingerprint density at radius 2 is 1.60 bits per heavy atom. The summed E-state index contributed by atoms with van der Waals surface area (Å²) in [5.41, 5.74) is 3.97. The zero-order chi connectivity index (χ0) is 14.4. The highest BCUT2D eigenvalue weighted by Crippen LogP contribution is 2.10. The molecule has 0 radical (unpaired) electrons. The molecule has 0 aliphatic rings. The van der Waals surface area contributed by atoms with Crippen molar-refractivity contribution in [3.8, 4) is 0 Å². The molecule has 0 aromatic heterocycles. The first-order valence-corrected chi connectivity index (χ1v) is 6.69. The molecule has 0 fully saturated rings. The van der Waals surface area contributed by atoms with Crippen LogP contribution in [0.2, 0.25) is 0 Å². The number of hydrogen-bond donors (Lipinski definition) is 2. The maximum absolute atomic E-state index is 12.0. The molecule has 2 aromatic rings. The molecule has 3 heteroatoms. The second-order valence-electron chi connectivity index (χ2n) is 4.81. The number of carbonyl (C=O) groups is 1. The van der Waals surface area contributed by atoms with E-state index in [1.165, 1.54) is 0 Å². The summed E-state index contributed by atoms with van der Waals surface area (Å²) in [7, 11) is 0. The fourth-order valence-corrected chi connectivity index (χ4v) is 2.12. The monoisotopic (exact) mass is 269 g/mol. The SMILES string of the molecule is Cc1ccccc1CC(=O)NCc1ccccc1CO. The van der Waals surface area contributed by atoms with Gasteiger partial charge in [0.2, 0.25) is 5.91 Å². The Balaban J connectivity index is 1.94. The van der Waals surface area contributed by atoms with E-state index in [2.05, 4.69) is 5.32 Å². The predicted molar refractivity (Wildman–Crippen MR) is 79.1 cm³/mol. The molecule has 20 heavy (non-hydrogen) atoms. The number of hydrogen-bond acceptors (Lipinski definition) is 2. The lowest BCUT2D eigenvalue weighted by atomic mass is 10.1. The molecule has 0 bridgehead atoms. The van der Waals surface area contributed by atoms with Crippen molar-refractivity contribution in [2.45, 2.75) is 26.5 Å². The van der Waals surface area contributed by atoms with Crippen LogP contribution in [0.4, 0.5) is 0 Å². The predicted octanol–water partition coefficient (Wildman–Crippen LogP) is 2.35. The Bertz CT molecular complexity index is 593. The van der Waals surface area contributed by atoms with Crippen molar-refractivity contribution in [3.63, 3.8) is 0 Å². The van der Waals surface area contributed by atoms with E-state index in [0.717, 1.165) is 22.3 Å². The highest BCUT2D eigenvalue weighted by Gasteiger charge is 2.06. The van der Waals surface area contributed by atoms with E-state index in [1.54, 1.807) is 0 Å². The number of amides is 1. The zero-order valence-corrected chi connectivity index (χ0v) is 11.6. The summed E-state index contributed by atoms with van der Waals surface area (Å²) in [6, 6.07) is 15.4. The summed E-state index contributed by atoms with van der Waals surface area (Å²) in [5, 5.41) is 12.1. The molecule has 0 unspecified atom stereocenters. The van der Waals surface area contributed by atoms with Crippen LogP contribution in [0, 0.1) is 6.92 Å². The second-order valence-corrected chi connectivity index (χ2v) is 4.81. The number of aryl methyl sites for hydroxylation is 1. The maximum Gasteiger partial charge on any atom is 0.224 e. The summed E-state index contributed by atoms with van der Waals surface area (Å²) < 4.78 is 0. The number of aliphatic hydroxyl groups excluding tert-OH is 1. The molecule has 2 rings (SSSR count). The van der Waals surface area contributed by atoms with E-state index in [-0.39, 0.29) is 12.5 Å². The van der Waals surface area contributed by atoms with Crippen molar-refractivity contribution < 1.29 is 9.90 Å². The Morgan fingerprint density at radius 3 is 2.25 bits per heavy atom. The summed E-state index contributed by atoms with van der Waals surface area (Å²) in [6.45, 7) is 2.44. The minimum atomic E-state index is -0.0101. The van der Waals surface area contributed by atoms with Crippen molar-refractivity contribution in [1.29, 1.82) is 0 Å². The molecule has 1 amide bonds. The first-order valence-electron chi connectivity index (χ1n) is 6.69. The number of carbonyl (C=O) groups excluding carboxylic acids is 1. The van der Waals surface area contributed by atoms with E-state index in [0.29, 0.717) is 13.0 Å². The lowest BCUT2D eigenvalue weighted by Crippen LogP contribution is -2.25. The van der Waals surface area contributed by atoms with Crippen LogP contribution < -0.4 is 5.32 Å². The third-order valence-corrected chi connectivity index (χ3v) is 3.38. The first kappa shape index (κ1) is 14.3. The third kappa shape index (κ3) is 3.68. The van der Waals surface area contributed by atoms with Crippen LogP contribution >= 0.6 is 0 Å². The van der Waals surface area contributed by atoms with Gasteiger partial charge >= 0.3 is 0 Å². The Morgan fingerprint density at radius 1 is 1.00 bits per heavy atom. The van der Waals surface area contributed by atoms with E-state index in [9.17, 15) is 9.90 Å². The van der Waals surface area contributed by atoms with Gasteiger partial charge in [-0.25, -0.2) is 0 Å². The molecule has 2 aromatic carbocycles. The van der Waals surface area contributed by atoms with Crippen molar-refractivity contribution in [3.05, 3.63) is 70.8 Å². The van der Waals surface area contributed by atoms with Gasteiger partial charge in [0, 0.05) is 6.54 Å². The van der Waals surface area contributed by atoms with Crippen LogP contribution in [0.3, 0.4) is 0 Å². The van der Waals surface area contributed by atoms with Crippen LogP contribution in [0.15, 0.2) is 48.5 Å². The van der Waals surface area contributed by atoms with Gasteiger partial charge in [-0.15, -0.1) is 0 Å². The van der Waals surface area contributed by atoms with Crippen LogP contribution in [-0.2, 0) is 24.4 Å². The van der Waals surface area contributed by atoms with Gasteiger partial charge in [-0.05, 0) is 29.2 Å². The average molecular weight is 269 g/mol. The van der Waals surface area contributed by atoms with Gasteiger partial charge in [-0.3, -0.25) is 4.79 Å². The largest absolute Gasteiger partial charge is 0.392 e. The molecule has 0 spiro atoms. The van der Waals surface area contributed by atoms with Gasteiger partial charge in [0.05, 0.1) is 13.0 Å². The summed E-state index contributed by atoms with van der Waals surface area (Å²) >= 11 is 0. The van der Waals surface area contributed by atoms with E-state index in [4.69, 9.17) is 0 Å². The molecule has 0 saturated heterocycles. The molecule has 0 aliphatic heterocycles. The third-order valence-electron chi connectivity index (χ3n) is 3.38. The molecule has 0 aliphatic carbocycles. The van der Waals surface area contributed by atoms with Crippen molar-refractivity contribution >= 4 is 5.91 Å². The lowest BCUT2D eigenvalue weighted by Gasteiger charge is -2.10. The Labute approximate surface area is 119 Å². The van der Waals surface area contributed by atoms with Gasteiger partial charge < -0.3 is 10.4 Å². The molecule has 0 atom stereocenters. The fraction of sp³-hybridized carbons (Fsp3) is 0.235. The molecule has 2 N–H and O–H groups in total. The van der Waals surface area contributed by atoms with Crippen LogP contribution in [-0.4, -0.2) is 11.0 Å². The van der Waals surface area contributed by atoms with Gasteiger partial charge in [0.1, 0.15) is 0 Å². The Hall–Kier alpha value is -2.13. The smallest absolute Gasteiger partial charge is 0.224 e. The lowest BCUT2D eigenvalue weighted by molar-refractivity contribution is -0.120. The summed E-state index contributed by atoms with van der Waals surface area (Å²) in [6.07, 6.45) is 0.383. The number of nitrogens with one attached hydrogen (secondary N) is 1. The molecule has 3 nitrogen and oxygen atoms in total. The number of aliphatic hydroxyl groups is 1. The minimum absolute atomic E-state index is 0.00737. The van der Waals surface area contributed by atoms with Crippen LogP contribution in [0.1, 0.15) is 22.3 Å². The summed E-state index contributed by atoms with van der Waals surface area (Å²) in [5.74, 6) is -0.00737. The molecular formula is C17H19NO2. The van der Waals surface area contributed by atoms with Crippen LogP contribution in [0.5, 0.6) is 0 Å². The minimum Gasteiger partial charge on any atom is -0.392 e. The number of benzene rings is 2. The molecular weight excluding hydrogens is 250 g/mol. The van der Waals surface area contributed by atoms with Crippen molar-refractivity contribution in [2.75, 3.05) is 0 Å². The van der Waals surface area contributed by atoms with Crippen molar-refractivity contribution in [1.82, 2.24) is 5.32 Å². The van der Waals surface area contributed by atoms with E-state index < -0.39 is 0 Å². The highest BCUT2D eigenvalue weighted by atomic mass is 16.3. The molecule has 104 valence electrons. The van der Waals surface area contributed by atoms with Crippen LogP contribution in [0.25, 0.3) is 0 Å². The standard InChI is InChI=1S/C17H19NO2/c1-13-6-2-3-7-14(13)10-17(20)18-11-15-8-4-5-9-16(15)12-19/h2-9,19H,10-12H2,1H3,(H,18,20). The fourth-order valence-electron chi connectivity index (χ4n) is 2.12. The van der Waals surface area contributed by atoms with Gasteiger partial charge in [0.25, 0.3) is 0 Å². The summed E-state index contributed by atoms with van der Waals surface area (Å²) in [4.78, 5) is 12.0. The average Bonchev–Trinajstić information content (AvgIpc) is 2.48. The second kappa shape index (κ2) is 6.87. The zero-order valence-electron chi connectivity index (χ0n) is 11.6. The van der Waals surface area contributed by atoms with Crippen molar-refractivity contribution in [2.24, 2.45) is 0 Å². The first-order chi connectivity index (χ1) is 9.70.